The molecule has 0 aromatic carbocycles. The van der Waals surface area contributed by atoms with Crippen LogP contribution in [0.15, 0.2) is 0 Å². The second-order valence-corrected chi connectivity index (χ2v) is 6.03. The molecule has 1 aliphatic rings. The molecule has 1 aliphatic heterocycles. The van der Waals surface area contributed by atoms with Crippen LogP contribution in [0.4, 0.5) is 0 Å². The fourth-order valence-electron chi connectivity index (χ4n) is 3.13. The highest BCUT2D eigenvalue weighted by Gasteiger charge is 2.42. The second-order valence-electron chi connectivity index (χ2n) is 6.03. The molecular formula is C14H31N3. The van der Waals surface area contributed by atoms with E-state index >= 15 is 0 Å². The van der Waals surface area contributed by atoms with Crippen molar-refractivity contribution in [3.63, 3.8) is 0 Å². The highest BCUT2D eigenvalue weighted by atomic mass is 15.3. The van der Waals surface area contributed by atoms with E-state index in [1.54, 1.807) is 0 Å². The highest BCUT2D eigenvalue weighted by Crippen LogP contribution is 2.30. The van der Waals surface area contributed by atoms with E-state index in [2.05, 4.69) is 44.4 Å². The summed E-state index contributed by atoms with van der Waals surface area (Å²) in [5, 5.41) is 0. The van der Waals surface area contributed by atoms with Gasteiger partial charge in [0.15, 0.2) is 0 Å². The van der Waals surface area contributed by atoms with Crippen LogP contribution in [0.1, 0.15) is 47.5 Å². The van der Waals surface area contributed by atoms with Crippen LogP contribution in [-0.4, -0.2) is 53.6 Å². The van der Waals surface area contributed by atoms with Crippen molar-refractivity contribution in [2.75, 3.05) is 26.2 Å². The van der Waals surface area contributed by atoms with Gasteiger partial charge < -0.3 is 5.73 Å². The maximum atomic E-state index is 6.13. The van der Waals surface area contributed by atoms with Crippen molar-refractivity contribution in [1.82, 2.24) is 9.80 Å². The maximum absolute atomic E-state index is 6.13. The summed E-state index contributed by atoms with van der Waals surface area (Å²) in [5.74, 6) is 0. The van der Waals surface area contributed by atoms with Gasteiger partial charge in [0.05, 0.1) is 0 Å². The van der Waals surface area contributed by atoms with E-state index in [-0.39, 0.29) is 5.54 Å². The molecule has 0 amide bonds. The molecule has 1 saturated heterocycles. The van der Waals surface area contributed by atoms with Gasteiger partial charge in [-0.2, -0.15) is 0 Å². The first-order chi connectivity index (χ1) is 7.96. The molecule has 3 nitrogen and oxygen atoms in total. The lowest BCUT2D eigenvalue weighted by atomic mass is 9.94. The first kappa shape index (κ1) is 14.9. The Morgan fingerprint density at radius 3 is 2.29 bits per heavy atom. The largest absolute Gasteiger partial charge is 0.329 e. The van der Waals surface area contributed by atoms with Crippen molar-refractivity contribution in [2.24, 2.45) is 5.73 Å². The zero-order valence-corrected chi connectivity index (χ0v) is 12.4. The average Bonchev–Trinajstić information content (AvgIpc) is 2.71. The first-order valence-corrected chi connectivity index (χ1v) is 7.17. The van der Waals surface area contributed by atoms with Gasteiger partial charge in [-0.25, -0.2) is 0 Å². The molecule has 1 atom stereocenters. The molecule has 0 bridgehead atoms. The number of likely N-dealkylation sites (tertiary alicyclic amines) is 1. The Balaban J connectivity index is 2.80. The summed E-state index contributed by atoms with van der Waals surface area (Å²) < 4.78 is 0. The van der Waals surface area contributed by atoms with E-state index in [0.29, 0.717) is 12.1 Å². The molecule has 102 valence electrons. The van der Waals surface area contributed by atoms with Crippen LogP contribution in [0.2, 0.25) is 0 Å². The summed E-state index contributed by atoms with van der Waals surface area (Å²) in [6.07, 6.45) is 2.43. The molecule has 1 rings (SSSR count). The number of hydrogen-bond donors (Lipinski definition) is 1. The third-order valence-corrected chi connectivity index (χ3v) is 4.17. The van der Waals surface area contributed by atoms with Crippen LogP contribution in [0, 0.1) is 0 Å². The molecule has 2 N–H and O–H groups in total. The summed E-state index contributed by atoms with van der Waals surface area (Å²) in [7, 11) is 0. The number of hydrogen-bond acceptors (Lipinski definition) is 3. The third kappa shape index (κ3) is 3.21. The van der Waals surface area contributed by atoms with Crippen LogP contribution in [-0.2, 0) is 0 Å². The predicted molar refractivity (Wildman–Crippen MR) is 75.2 cm³/mol. The van der Waals surface area contributed by atoms with Crippen LogP contribution >= 0.6 is 0 Å². The Labute approximate surface area is 107 Å². The number of nitrogens with zero attached hydrogens (tertiary/aromatic N) is 2. The summed E-state index contributed by atoms with van der Waals surface area (Å²) in [6.45, 7) is 15.7. The highest BCUT2D eigenvalue weighted by molar-refractivity contribution is 5.01. The van der Waals surface area contributed by atoms with Gasteiger partial charge in [0.25, 0.3) is 0 Å². The predicted octanol–water partition coefficient (Wildman–Crippen LogP) is 1.92. The van der Waals surface area contributed by atoms with E-state index in [0.717, 1.165) is 13.1 Å². The monoisotopic (exact) mass is 241 g/mol. The van der Waals surface area contributed by atoms with E-state index in [4.69, 9.17) is 5.73 Å². The molecule has 3 heteroatoms. The fraction of sp³-hybridized carbons (Fsp3) is 1.00. The van der Waals surface area contributed by atoms with Gasteiger partial charge >= 0.3 is 0 Å². The smallest absolute Gasteiger partial charge is 0.0473 e. The van der Waals surface area contributed by atoms with Crippen molar-refractivity contribution in [1.29, 1.82) is 0 Å². The lowest BCUT2D eigenvalue weighted by Crippen LogP contribution is -2.58. The molecule has 1 fully saturated rings. The molecule has 0 radical (unpaired) electrons. The van der Waals surface area contributed by atoms with Crippen molar-refractivity contribution < 1.29 is 0 Å². The molecule has 1 unspecified atom stereocenters. The molecule has 0 spiro atoms. The van der Waals surface area contributed by atoms with Crippen LogP contribution in [0.25, 0.3) is 0 Å². The summed E-state index contributed by atoms with van der Waals surface area (Å²) in [6, 6.07) is 1.23. The van der Waals surface area contributed by atoms with Gasteiger partial charge in [-0.1, -0.05) is 6.92 Å². The maximum Gasteiger partial charge on any atom is 0.0473 e. The van der Waals surface area contributed by atoms with E-state index in [1.165, 1.54) is 25.9 Å². The minimum Gasteiger partial charge on any atom is -0.329 e. The third-order valence-electron chi connectivity index (χ3n) is 4.17. The quantitative estimate of drug-likeness (QED) is 0.771. The van der Waals surface area contributed by atoms with Gasteiger partial charge in [-0.05, 0) is 47.1 Å². The standard InChI is InChI=1S/C14H31N3/c1-6-8-17(13(4)5)14(10-15)7-9-16(11-14)12(2)3/h12-13H,6-11,15H2,1-5H3. The Hall–Kier alpha value is -0.120. The first-order valence-electron chi connectivity index (χ1n) is 7.17. The van der Waals surface area contributed by atoms with E-state index in [1.807, 2.05) is 0 Å². The molecule has 17 heavy (non-hydrogen) atoms. The lowest BCUT2D eigenvalue weighted by Gasteiger charge is -2.43. The number of nitrogens with two attached hydrogens (primary N) is 1. The van der Waals surface area contributed by atoms with Crippen LogP contribution in [0.5, 0.6) is 0 Å². The zero-order chi connectivity index (χ0) is 13.1. The molecular weight excluding hydrogens is 210 g/mol. The molecule has 0 aliphatic carbocycles. The van der Waals surface area contributed by atoms with Crippen molar-refractivity contribution in [2.45, 2.75) is 65.1 Å². The Bertz CT molecular complexity index is 228. The Kier molecular flexibility index (Phi) is 5.42. The van der Waals surface area contributed by atoms with E-state index < -0.39 is 0 Å². The fourth-order valence-corrected chi connectivity index (χ4v) is 3.13. The normalized spacial score (nSPS) is 26.6. The summed E-state index contributed by atoms with van der Waals surface area (Å²) in [5.41, 5.74) is 6.35. The average molecular weight is 241 g/mol. The topological polar surface area (TPSA) is 32.5 Å². The van der Waals surface area contributed by atoms with E-state index in [9.17, 15) is 0 Å². The van der Waals surface area contributed by atoms with Crippen LogP contribution in [0.3, 0.4) is 0 Å². The van der Waals surface area contributed by atoms with Gasteiger partial charge in [-0.3, -0.25) is 9.80 Å². The van der Waals surface area contributed by atoms with Gasteiger partial charge in [0.2, 0.25) is 0 Å². The minimum atomic E-state index is 0.217. The second kappa shape index (κ2) is 6.17. The summed E-state index contributed by atoms with van der Waals surface area (Å²) in [4.78, 5) is 5.20. The van der Waals surface area contributed by atoms with Crippen molar-refractivity contribution in [3.8, 4) is 0 Å². The molecule has 0 aromatic rings. The Morgan fingerprint density at radius 1 is 1.29 bits per heavy atom. The Morgan fingerprint density at radius 2 is 1.94 bits per heavy atom. The summed E-state index contributed by atoms with van der Waals surface area (Å²) >= 11 is 0. The van der Waals surface area contributed by atoms with Gasteiger partial charge in [-0.15, -0.1) is 0 Å². The molecule has 0 saturated carbocycles. The number of rotatable bonds is 6. The minimum absolute atomic E-state index is 0.217. The molecule has 0 aromatic heterocycles. The van der Waals surface area contributed by atoms with Crippen molar-refractivity contribution >= 4 is 0 Å². The molecule has 1 heterocycles. The SMILES string of the molecule is CCCN(C(C)C)C1(CN)CCN(C(C)C)C1. The zero-order valence-electron chi connectivity index (χ0n) is 12.4. The van der Waals surface area contributed by atoms with Crippen molar-refractivity contribution in [3.05, 3.63) is 0 Å². The van der Waals surface area contributed by atoms with Crippen LogP contribution < -0.4 is 5.73 Å². The van der Waals surface area contributed by atoms with Gasteiger partial charge in [0.1, 0.15) is 0 Å². The van der Waals surface area contributed by atoms with Gasteiger partial charge in [0, 0.05) is 37.3 Å². The lowest BCUT2D eigenvalue weighted by molar-refractivity contribution is 0.0636.